The number of hydrogen-bond donors (Lipinski definition) is 2. The number of nitrogens with zero attached hydrogens (tertiary/aromatic N) is 3. The summed E-state index contributed by atoms with van der Waals surface area (Å²) in [6, 6.07) is 1.89. The number of carbonyl (C=O) groups is 1. The fourth-order valence-electron chi connectivity index (χ4n) is 1.49. The van der Waals surface area contributed by atoms with Crippen LogP contribution in [0.3, 0.4) is 0 Å². The number of thioether (sulfide) groups is 1. The van der Waals surface area contributed by atoms with Crippen LogP contribution < -0.4 is 11.1 Å². The van der Waals surface area contributed by atoms with Crippen molar-refractivity contribution in [3.05, 3.63) is 11.8 Å². The topological polar surface area (TPSA) is 105 Å². The van der Waals surface area contributed by atoms with E-state index in [-0.39, 0.29) is 23.0 Å². The lowest BCUT2D eigenvalue weighted by Crippen LogP contribution is -2.26. The molecule has 1 aromatic heterocycles. The molecule has 108 valence electrons. The Morgan fingerprint density at radius 1 is 1.50 bits per heavy atom. The third-order valence-electron chi connectivity index (χ3n) is 2.60. The van der Waals surface area contributed by atoms with Gasteiger partial charge >= 0.3 is 0 Å². The van der Waals surface area contributed by atoms with Crippen LogP contribution in [-0.4, -0.2) is 28.2 Å². The molecule has 0 aliphatic carbocycles. The maximum absolute atomic E-state index is 11.6. The van der Waals surface area contributed by atoms with E-state index in [9.17, 15) is 4.79 Å². The van der Waals surface area contributed by atoms with Crippen LogP contribution in [0.2, 0.25) is 0 Å². The highest BCUT2D eigenvalue weighted by atomic mass is 32.2. The van der Waals surface area contributed by atoms with Gasteiger partial charge in [-0.15, -0.1) is 0 Å². The number of nitrogens with one attached hydrogen (secondary N) is 1. The van der Waals surface area contributed by atoms with Gasteiger partial charge in [-0.3, -0.25) is 4.79 Å². The van der Waals surface area contributed by atoms with Gasteiger partial charge in [0.1, 0.15) is 17.5 Å². The second-order valence-electron chi connectivity index (χ2n) is 4.26. The van der Waals surface area contributed by atoms with Crippen LogP contribution >= 0.6 is 11.8 Å². The molecule has 3 N–H and O–H groups in total. The minimum absolute atomic E-state index is 0.0435. The molecule has 0 radical (unpaired) electrons. The summed E-state index contributed by atoms with van der Waals surface area (Å²) in [7, 11) is 0. The average molecular weight is 293 g/mol. The van der Waals surface area contributed by atoms with E-state index in [1.54, 1.807) is 0 Å². The second-order valence-corrected chi connectivity index (χ2v) is 5.21. The van der Waals surface area contributed by atoms with Gasteiger partial charge in [0.15, 0.2) is 5.16 Å². The molecule has 20 heavy (non-hydrogen) atoms. The number of aromatic nitrogens is 2. The Morgan fingerprint density at radius 3 is 2.95 bits per heavy atom. The van der Waals surface area contributed by atoms with Crippen LogP contribution in [0.5, 0.6) is 0 Å². The summed E-state index contributed by atoms with van der Waals surface area (Å²) < 4.78 is 0. The van der Waals surface area contributed by atoms with Crippen LogP contribution in [0.25, 0.3) is 0 Å². The molecule has 0 spiro atoms. The van der Waals surface area contributed by atoms with Gasteiger partial charge in [0, 0.05) is 6.54 Å². The number of hydrogen-bond acceptors (Lipinski definition) is 6. The average Bonchev–Trinajstić information content (AvgIpc) is 2.45. The van der Waals surface area contributed by atoms with Gasteiger partial charge in [-0.05, 0) is 6.42 Å². The summed E-state index contributed by atoms with van der Waals surface area (Å²) in [6.45, 7) is 2.86. The first-order chi connectivity index (χ1) is 9.67. The van der Waals surface area contributed by atoms with Crippen molar-refractivity contribution >= 4 is 23.5 Å². The molecule has 0 aromatic carbocycles. The SMILES string of the molecule is CCCCCCNC(=O)CSc1ncc(C#N)c(N)n1. The number of carbonyl (C=O) groups excluding carboxylic acids is 1. The maximum atomic E-state index is 11.6. The summed E-state index contributed by atoms with van der Waals surface area (Å²) >= 11 is 1.21. The van der Waals surface area contributed by atoms with Crippen LogP contribution in [0.15, 0.2) is 11.4 Å². The second kappa shape index (κ2) is 9.15. The Labute approximate surface area is 123 Å². The largest absolute Gasteiger partial charge is 0.382 e. The minimum Gasteiger partial charge on any atom is -0.382 e. The van der Waals surface area contributed by atoms with E-state index in [1.807, 2.05) is 6.07 Å². The molecule has 7 heteroatoms. The standard InChI is InChI=1S/C13H19N5OS/c1-2-3-4-5-6-16-11(19)9-20-13-17-8-10(7-14)12(15)18-13/h8H,2-6,9H2,1H3,(H,16,19)(H2,15,17,18). The number of amides is 1. The first kappa shape index (κ1) is 16.2. The van der Waals surface area contributed by atoms with E-state index in [2.05, 4.69) is 22.2 Å². The van der Waals surface area contributed by atoms with Gasteiger partial charge in [-0.2, -0.15) is 5.26 Å². The molecule has 0 aliphatic rings. The lowest BCUT2D eigenvalue weighted by Gasteiger charge is -2.04. The van der Waals surface area contributed by atoms with Gasteiger partial charge in [0.2, 0.25) is 5.91 Å². The van der Waals surface area contributed by atoms with E-state index in [1.165, 1.54) is 30.8 Å². The Kier molecular flexibility index (Phi) is 7.43. The van der Waals surface area contributed by atoms with Crippen molar-refractivity contribution in [3.8, 4) is 6.07 Å². The molecule has 1 rings (SSSR count). The molecular formula is C13H19N5OS. The van der Waals surface area contributed by atoms with Crippen molar-refractivity contribution in [3.63, 3.8) is 0 Å². The van der Waals surface area contributed by atoms with Gasteiger partial charge in [-0.1, -0.05) is 37.9 Å². The van der Waals surface area contributed by atoms with E-state index < -0.39 is 0 Å². The fraction of sp³-hybridized carbons (Fsp3) is 0.538. The zero-order chi connectivity index (χ0) is 14.8. The monoisotopic (exact) mass is 293 g/mol. The van der Waals surface area contributed by atoms with Crippen LogP contribution in [0, 0.1) is 11.3 Å². The molecule has 0 unspecified atom stereocenters. The minimum atomic E-state index is -0.0435. The zero-order valence-corrected chi connectivity index (χ0v) is 12.4. The van der Waals surface area contributed by atoms with Crippen molar-refractivity contribution in [1.82, 2.24) is 15.3 Å². The lowest BCUT2D eigenvalue weighted by molar-refractivity contribution is -0.118. The normalized spacial score (nSPS) is 10.0. The van der Waals surface area contributed by atoms with Crippen LogP contribution in [0.4, 0.5) is 5.82 Å². The molecule has 0 saturated carbocycles. The summed E-state index contributed by atoms with van der Waals surface area (Å²) in [5.41, 5.74) is 5.82. The Bertz CT molecular complexity index is 486. The molecule has 1 aromatic rings. The van der Waals surface area contributed by atoms with Crippen molar-refractivity contribution in [2.75, 3.05) is 18.0 Å². The predicted molar refractivity (Wildman–Crippen MR) is 79.0 cm³/mol. The first-order valence-corrected chi connectivity index (χ1v) is 7.58. The highest BCUT2D eigenvalue weighted by Gasteiger charge is 2.07. The Morgan fingerprint density at radius 2 is 2.30 bits per heavy atom. The molecule has 1 amide bonds. The molecule has 0 aliphatic heterocycles. The third-order valence-corrected chi connectivity index (χ3v) is 3.46. The highest BCUT2D eigenvalue weighted by molar-refractivity contribution is 7.99. The fourth-order valence-corrected chi connectivity index (χ4v) is 2.15. The Hall–Kier alpha value is -1.81. The van der Waals surface area contributed by atoms with E-state index >= 15 is 0 Å². The number of nitrogen functional groups attached to an aromatic ring is 1. The number of nitriles is 1. The Balaban J connectivity index is 2.27. The number of anilines is 1. The van der Waals surface area contributed by atoms with Gasteiger partial charge in [-0.25, -0.2) is 9.97 Å². The number of unbranched alkanes of at least 4 members (excludes halogenated alkanes) is 3. The zero-order valence-electron chi connectivity index (χ0n) is 11.6. The molecule has 0 fully saturated rings. The summed E-state index contributed by atoms with van der Waals surface area (Å²) in [5.74, 6) is 0.349. The van der Waals surface area contributed by atoms with Gasteiger partial charge < -0.3 is 11.1 Å². The van der Waals surface area contributed by atoms with Crippen LogP contribution in [0.1, 0.15) is 38.2 Å². The summed E-state index contributed by atoms with van der Waals surface area (Å²) in [4.78, 5) is 19.5. The van der Waals surface area contributed by atoms with E-state index in [0.717, 1.165) is 12.8 Å². The van der Waals surface area contributed by atoms with Crippen molar-refractivity contribution < 1.29 is 4.79 Å². The molecule has 0 bridgehead atoms. The summed E-state index contributed by atoms with van der Waals surface area (Å²) in [5, 5.41) is 12.0. The third kappa shape index (κ3) is 5.89. The smallest absolute Gasteiger partial charge is 0.230 e. The van der Waals surface area contributed by atoms with Gasteiger partial charge in [0.25, 0.3) is 0 Å². The van der Waals surface area contributed by atoms with E-state index in [0.29, 0.717) is 11.7 Å². The highest BCUT2D eigenvalue weighted by Crippen LogP contribution is 2.15. The number of nitrogens with two attached hydrogens (primary N) is 1. The quantitative estimate of drug-likeness (QED) is 0.429. The van der Waals surface area contributed by atoms with Crippen LogP contribution in [-0.2, 0) is 4.79 Å². The lowest BCUT2D eigenvalue weighted by atomic mass is 10.2. The predicted octanol–water partition coefficient (Wildman–Crippen LogP) is 1.72. The summed E-state index contributed by atoms with van der Waals surface area (Å²) in [6.07, 6.45) is 5.89. The molecule has 1 heterocycles. The first-order valence-electron chi connectivity index (χ1n) is 6.59. The maximum Gasteiger partial charge on any atom is 0.230 e. The van der Waals surface area contributed by atoms with Crippen molar-refractivity contribution in [2.45, 2.75) is 37.8 Å². The molecular weight excluding hydrogens is 274 g/mol. The van der Waals surface area contributed by atoms with Crippen molar-refractivity contribution in [2.24, 2.45) is 0 Å². The van der Waals surface area contributed by atoms with Gasteiger partial charge in [0.05, 0.1) is 11.9 Å². The number of rotatable bonds is 8. The molecule has 0 atom stereocenters. The molecule has 0 saturated heterocycles. The van der Waals surface area contributed by atoms with E-state index in [4.69, 9.17) is 11.0 Å². The molecule has 6 nitrogen and oxygen atoms in total. The van der Waals surface area contributed by atoms with Crippen molar-refractivity contribution in [1.29, 1.82) is 5.26 Å².